The average molecular weight is 620 g/mol. The Morgan fingerprint density at radius 1 is 1.23 bits per heavy atom. The number of ether oxygens (including phenoxy) is 2. The summed E-state index contributed by atoms with van der Waals surface area (Å²) in [5, 5.41) is 12.2. The van der Waals surface area contributed by atoms with Crippen molar-refractivity contribution < 1.29 is 32.2 Å². The second kappa shape index (κ2) is 11.6. The smallest absolute Gasteiger partial charge is 0.421 e. The molecule has 6 rings (SSSR count). The summed E-state index contributed by atoms with van der Waals surface area (Å²) in [6.07, 6.45) is -1.84. The molecule has 2 aliphatic heterocycles. The van der Waals surface area contributed by atoms with Crippen LogP contribution in [-0.2, 0) is 43.6 Å². The monoisotopic (exact) mass is 619 g/mol. The average Bonchev–Trinajstić information content (AvgIpc) is 3.28. The fourth-order valence-corrected chi connectivity index (χ4v) is 5.31. The summed E-state index contributed by atoms with van der Waals surface area (Å²) in [6, 6.07) is 6.55. The lowest BCUT2D eigenvalue weighted by atomic mass is 10.0. The molecule has 2 aliphatic rings. The van der Waals surface area contributed by atoms with Crippen LogP contribution in [0.25, 0.3) is 11.0 Å². The van der Waals surface area contributed by atoms with Crippen LogP contribution in [0.1, 0.15) is 40.3 Å². The van der Waals surface area contributed by atoms with Crippen molar-refractivity contribution in [3.8, 4) is 5.88 Å². The molecule has 5 heterocycles. The lowest BCUT2D eigenvalue weighted by Crippen LogP contribution is -2.34. The zero-order chi connectivity index (χ0) is 30.3. The molecule has 3 N–H and O–H groups in total. The van der Waals surface area contributed by atoms with Crippen molar-refractivity contribution in [1.29, 1.82) is 0 Å². The first-order valence-corrected chi connectivity index (χ1v) is 13.8. The number of pyridine rings is 2. The highest BCUT2D eigenvalue weighted by molar-refractivity contribution is 6.30. The number of nitrogens with zero attached hydrogens (tertiary/aromatic N) is 6. The topological polar surface area (TPSA) is 124 Å². The van der Waals surface area contributed by atoms with Crippen molar-refractivity contribution in [3.05, 3.63) is 81.3 Å². The van der Waals surface area contributed by atoms with Gasteiger partial charge in [-0.15, -0.1) is 0 Å². The van der Waals surface area contributed by atoms with Gasteiger partial charge in [-0.25, -0.2) is 14.4 Å². The molecule has 15 heteroatoms. The van der Waals surface area contributed by atoms with Crippen LogP contribution in [-0.4, -0.2) is 54.7 Å². The Morgan fingerprint density at radius 2 is 2.05 bits per heavy atom. The summed E-state index contributed by atoms with van der Waals surface area (Å²) in [6.45, 7) is 1.87. The number of nitrogens with two attached hydrogens (primary N) is 1. The van der Waals surface area contributed by atoms with E-state index in [2.05, 4.69) is 15.1 Å². The van der Waals surface area contributed by atoms with Gasteiger partial charge in [0.15, 0.2) is 5.84 Å². The molecule has 0 saturated carbocycles. The Kier molecular flexibility index (Phi) is 7.83. The van der Waals surface area contributed by atoms with E-state index in [0.29, 0.717) is 55.3 Å². The Hall–Kier alpha value is -4.01. The van der Waals surface area contributed by atoms with Crippen molar-refractivity contribution in [2.45, 2.75) is 51.4 Å². The molecule has 0 unspecified atom stereocenters. The summed E-state index contributed by atoms with van der Waals surface area (Å²) in [4.78, 5) is 15.4. The molecular weight excluding hydrogens is 594 g/mol. The third-order valence-electron chi connectivity index (χ3n) is 7.54. The largest absolute Gasteiger partial charge is 0.472 e. The van der Waals surface area contributed by atoms with Crippen molar-refractivity contribution in [2.75, 3.05) is 13.2 Å². The Balaban J connectivity index is 1.27. The van der Waals surface area contributed by atoms with Gasteiger partial charge in [0.05, 0.1) is 42.1 Å². The van der Waals surface area contributed by atoms with Gasteiger partial charge in [-0.2, -0.15) is 13.2 Å². The van der Waals surface area contributed by atoms with E-state index in [1.54, 1.807) is 12.3 Å². The predicted molar refractivity (Wildman–Crippen MR) is 147 cm³/mol. The Morgan fingerprint density at radius 3 is 2.74 bits per heavy atom. The van der Waals surface area contributed by atoms with E-state index in [9.17, 15) is 17.6 Å². The number of hydrogen-bond acceptors (Lipinski definition) is 8. The van der Waals surface area contributed by atoms with Crippen LogP contribution < -0.4 is 10.5 Å². The highest BCUT2D eigenvalue weighted by Crippen LogP contribution is 2.38. The number of benzene rings is 1. The van der Waals surface area contributed by atoms with Crippen LogP contribution in [0.2, 0.25) is 5.02 Å². The molecular formula is C28H26ClF4N7O3. The first-order valence-electron chi connectivity index (χ1n) is 13.4. The van der Waals surface area contributed by atoms with Crippen molar-refractivity contribution in [1.82, 2.24) is 24.4 Å². The van der Waals surface area contributed by atoms with Gasteiger partial charge in [0.2, 0.25) is 5.88 Å². The fourth-order valence-electron chi connectivity index (χ4n) is 5.15. The zero-order valence-corrected chi connectivity index (χ0v) is 23.4. The number of fused-ring (bicyclic) bond motifs is 2. The lowest BCUT2D eigenvalue weighted by Gasteiger charge is -2.30. The van der Waals surface area contributed by atoms with E-state index in [4.69, 9.17) is 37.0 Å². The van der Waals surface area contributed by atoms with Crippen LogP contribution in [0.5, 0.6) is 5.88 Å². The van der Waals surface area contributed by atoms with Crippen LogP contribution >= 0.6 is 11.6 Å². The molecule has 3 aromatic heterocycles. The molecule has 226 valence electrons. The number of amidine groups is 1. The first-order chi connectivity index (χ1) is 20.6. The van der Waals surface area contributed by atoms with Gasteiger partial charge in [0, 0.05) is 30.3 Å². The molecule has 4 aromatic rings. The Bertz CT molecular complexity index is 1710. The van der Waals surface area contributed by atoms with Crippen LogP contribution in [0.15, 0.2) is 41.7 Å². The van der Waals surface area contributed by atoms with Gasteiger partial charge in [0.25, 0.3) is 0 Å². The highest BCUT2D eigenvalue weighted by Gasteiger charge is 2.37. The molecule has 0 radical (unpaired) electrons. The number of oxime groups is 1. The van der Waals surface area contributed by atoms with Gasteiger partial charge in [0.1, 0.15) is 29.5 Å². The summed E-state index contributed by atoms with van der Waals surface area (Å²) < 4.78 is 69.2. The second-order valence-corrected chi connectivity index (χ2v) is 10.8. The maximum atomic E-state index is 14.3. The van der Waals surface area contributed by atoms with E-state index in [-0.39, 0.29) is 34.8 Å². The summed E-state index contributed by atoms with van der Waals surface area (Å²) in [5.41, 5.74) is 7.28. The standard InChI is InChI=1S/C28H26ClF4N7O3/c29-17-2-1-16(20(30)8-17)14-43-27-19(28(31,32)33)7-15-3-5-39(12-23(15)37-27)13-25-36-21-9-22(26(34)38-41)35-10-24(21)40(25)11-18-4-6-42-18/h1-2,7-10,18,41H,3-6,11-14H2,(H2,34,38)/t18-/m0/s1. The quantitative estimate of drug-likeness (QED) is 0.0960. The molecule has 1 aromatic carbocycles. The molecule has 10 nitrogen and oxygen atoms in total. The second-order valence-electron chi connectivity index (χ2n) is 10.4. The minimum Gasteiger partial charge on any atom is -0.472 e. The van der Waals surface area contributed by atoms with Crippen LogP contribution in [0, 0.1) is 5.82 Å². The maximum absolute atomic E-state index is 14.3. The fraction of sp³-hybridized carbons (Fsp3) is 0.357. The van der Waals surface area contributed by atoms with Gasteiger partial charge >= 0.3 is 6.18 Å². The minimum absolute atomic E-state index is 0.0228. The SMILES string of the molecule is N/C(=N\O)c1cc2nc(CN3CCc4cc(C(F)(F)F)c(OCc5ccc(Cl)cc5F)nc4C3)n(C[C@@H]3CCO3)c2cn1. The number of hydrogen-bond donors (Lipinski definition) is 2. The van der Waals surface area contributed by atoms with Gasteiger partial charge in [-0.3, -0.25) is 9.88 Å². The zero-order valence-electron chi connectivity index (χ0n) is 22.6. The number of aromatic nitrogens is 4. The number of imidazole rings is 1. The summed E-state index contributed by atoms with van der Waals surface area (Å²) in [5.74, 6) is -0.740. The molecule has 0 aliphatic carbocycles. The van der Waals surface area contributed by atoms with E-state index in [0.717, 1.165) is 24.1 Å². The maximum Gasteiger partial charge on any atom is 0.421 e. The number of halogens is 5. The minimum atomic E-state index is -4.71. The molecule has 1 atom stereocenters. The van der Waals surface area contributed by atoms with Crippen molar-refractivity contribution in [2.24, 2.45) is 10.9 Å². The van der Waals surface area contributed by atoms with E-state index < -0.39 is 30.0 Å². The summed E-state index contributed by atoms with van der Waals surface area (Å²) >= 11 is 5.78. The van der Waals surface area contributed by atoms with Crippen molar-refractivity contribution >= 4 is 28.5 Å². The third-order valence-corrected chi connectivity index (χ3v) is 7.78. The first kappa shape index (κ1) is 29.1. The van der Waals surface area contributed by atoms with Gasteiger partial charge in [-0.1, -0.05) is 22.8 Å². The van der Waals surface area contributed by atoms with Crippen molar-refractivity contribution in [3.63, 3.8) is 0 Å². The van der Waals surface area contributed by atoms with Gasteiger partial charge in [-0.05, 0) is 42.7 Å². The lowest BCUT2D eigenvalue weighted by molar-refractivity contribution is -0.139. The molecule has 1 saturated heterocycles. The molecule has 0 spiro atoms. The van der Waals surface area contributed by atoms with E-state index >= 15 is 0 Å². The van der Waals surface area contributed by atoms with Crippen LogP contribution in [0.3, 0.4) is 0 Å². The normalized spacial score (nSPS) is 17.6. The van der Waals surface area contributed by atoms with E-state index in [1.807, 2.05) is 9.47 Å². The predicted octanol–water partition coefficient (Wildman–Crippen LogP) is 4.66. The van der Waals surface area contributed by atoms with Gasteiger partial charge < -0.3 is 25.0 Å². The van der Waals surface area contributed by atoms with E-state index in [1.165, 1.54) is 12.1 Å². The highest BCUT2D eigenvalue weighted by atomic mass is 35.5. The molecule has 1 fully saturated rings. The number of alkyl halides is 3. The van der Waals surface area contributed by atoms with Crippen LogP contribution in [0.4, 0.5) is 17.6 Å². The third kappa shape index (κ3) is 6.08. The molecule has 0 bridgehead atoms. The Labute approximate surface area is 247 Å². The molecule has 0 amide bonds. The molecule has 43 heavy (non-hydrogen) atoms. The summed E-state index contributed by atoms with van der Waals surface area (Å²) in [7, 11) is 0. The number of rotatable bonds is 8.